The SMILES string of the molecule is CCOC(=O)/C=C/c1cc(Cl)ccc1C(C)OC[C@H](O)CN1CCC[C@H]1CCC1=CC(Cl)C(Cl)C=C1. The van der Waals surface area contributed by atoms with Crippen LogP contribution in [0.5, 0.6) is 0 Å². The number of aliphatic hydroxyl groups is 1. The van der Waals surface area contributed by atoms with Crippen molar-refractivity contribution in [3.8, 4) is 0 Å². The summed E-state index contributed by atoms with van der Waals surface area (Å²) in [6.07, 6.45) is 12.5. The Bertz CT molecular complexity index is 964. The third-order valence-corrected chi connectivity index (χ3v) is 7.77. The number of β-amino-alcohol motifs (C(OH)–C–C–N with tert-alkyl or cyclic N) is 1. The monoisotopic (exact) mass is 555 g/mol. The summed E-state index contributed by atoms with van der Waals surface area (Å²) in [4.78, 5) is 14.1. The minimum atomic E-state index is -0.600. The first-order valence-electron chi connectivity index (χ1n) is 12.6. The molecule has 3 rings (SSSR count). The van der Waals surface area contributed by atoms with Crippen LogP contribution in [0.2, 0.25) is 5.02 Å². The number of aliphatic hydroxyl groups excluding tert-OH is 1. The van der Waals surface area contributed by atoms with Gasteiger partial charge in [-0.05, 0) is 75.4 Å². The fourth-order valence-corrected chi connectivity index (χ4v) is 5.28. The summed E-state index contributed by atoms with van der Waals surface area (Å²) in [5.41, 5.74) is 2.90. The van der Waals surface area contributed by atoms with Gasteiger partial charge in [-0.25, -0.2) is 4.79 Å². The molecule has 198 valence electrons. The molecule has 3 unspecified atom stereocenters. The Labute approximate surface area is 229 Å². The summed E-state index contributed by atoms with van der Waals surface area (Å²) in [6, 6.07) is 5.90. The first kappa shape index (κ1) is 29.2. The van der Waals surface area contributed by atoms with Crippen LogP contribution in [0.1, 0.15) is 56.8 Å². The summed E-state index contributed by atoms with van der Waals surface area (Å²) in [5.74, 6) is -0.408. The highest BCUT2D eigenvalue weighted by molar-refractivity contribution is 6.32. The van der Waals surface area contributed by atoms with Gasteiger partial charge in [0.2, 0.25) is 0 Å². The van der Waals surface area contributed by atoms with E-state index in [1.807, 2.05) is 19.1 Å². The van der Waals surface area contributed by atoms with E-state index < -0.39 is 12.1 Å². The van der Waals surface area contributed by atoms with Crippen molar-refractivity contribution in [2.24, 2.45) is 0 Å². The molecule has 0 radical (unpaired) electrons. The van der Waals surface area contributed by atoms with E-state index in [1.165, 1.54) is 11.6 Å². The first-order valence-corrected chi connectivity index (χ1v) is 13.9. The van der Waals surface area contributed by atoms with Gasteiger partial charge in [-0.3, -0.25) is 4.90 Å². The molecular formula is C28H36Cl3NO4. The highest BCUT2D eigenvalue weighted by Gasteiger charge is 2.27. The third kappa shape index (κ3) is 8.90. The van der Waals surface area contributed by atoms with Gasteiger partial charge in [0, 0.05) is 23.7 Å². The van der Waals surface area contributed by atoms with Crippen molar-refractivity contribution < 1.29 is 19.4 Å². The van der Waals surface area contributed by atoms with E-state index in [0.29, 0.717) is 24.2 Å². The van der Waals surface area contributed by atoms with Crippen molar-refractivity contribution in [1.29, 1.82) is 0 Å². The molecule has 1 aliphatic heterocycles. The Balaban J connectivity index is 1.50. The van der Waals surface area contributed by atoms with Crippen molar-refractivity contribution in [3.63, 3.8) is 0 Å². The van der Waals surface area contributed by atoms with Crippen LogP contribution >= 0.6 is 34.8 Å². The number of allylic oxidation sites excluding steroid dienone is 4. The zero-order chi connectivity index (χ0) is 26.1. The molecule has 8 heteroatoms. The number of halogens is 3. The summed E-state index contributed by atoms with van der Waals surface area (Å²) >= 11 is 18.6. The number of carbonyl (C=O) groups excluding carboxylic acids is 1. The maximum atomic E-state index is 11.7. The van der Waals surface area contributed by atoms with Gasteiger partial charge >= 0.3 is 5.97 Å². The quantitative estimate of drug-likeness (QED) is 0.186. The van der Waals surface area contributed by atoms with Crippen LogP contribution in [-0.2, 0) is 14.3 Å². The summed E-state index contributed by atoms with van der Waals surface area (Å²) in [5, 5.41) is 11.0. The smallest absolute Gasteiger partial charge is 0.330 e. The van der Waals surface area contributed by atoms with Gasteiger partial charge in [0.1, 0.15) is 0 Å². The van der Waals surface area contributed by atoms with Crippen LogP contribution in [0.4, 0.5) is 0 Å². The average molecular weight is 557 g/mol. The molecule has 1 aliphatic carbocycles. The van der Waals surface area contributed by atoms with Gasteiger partial charge in [-0.1, -0.05) is 41.5 Å². The predicted molar refractivity (Wildman–Crippen MR) is 148 cm³/mol. The predicted octanol–water partition coefficient (Wildman–Crippen LogP) is 6.31. The van der Waals surface area contributed by atoms with E-state index in [0.717, 1.165) is 43.4 Å². The van der Waals surface area contributed by atoms with Crippen molar-refractivity contribution in [2.45, 2.75) is 68.5 Å². The zero-order valence-electron chi connectivity index (χ0n) is 20.9. The minimum absolute atomic E-state index is 0.145. The topological polar surface area (TPSA) is 59.0 Å². The molecule has 0 spiro atoms. The first-order chi connectivity index (χ1) is 17.3. The fraction of sp³-hybridized carbons (Fsp3) is 0.536. The van der Waals surface area contributed by atoms with Gasteiger partial charge < -0.3 is 14.6 Å². The summed E-state index contributed by atoms with van der Waals surface area (Å²) < 4.78 is 11.0. The molecule has 0 bridgehead atoms. The Morgan fingerprint density at radius 3 is 2.86 bits per heavy atom. The van der Waals surface area contributed by atoms with Gasteiger partial charge in [-0.2, -0.15) is 0 Å². The van der Waals surface area contributed by atoms with Crippen LogP contribution in [0.3, 0.4) is 0 Å². The van der Waals surface area contributed by atoms with E-state index >= 15 is 0 Å². The largest absolute Gasteiger partial charge is 0.463 e. The Morgan fingerprint density at radius 2 is 2.11 bits per heavy atom. The molecule has 0 saturated carbocycles. The molecule has 1 aromatic rings. The lowest BCUT2D eigenvalue weighted by Gasteiger charge is -2.28. The Morgan fingerprint density at radius 1 is 1.31 bits per heavy atom. The van der Waals surface area contributed by atoms with Crippen LogP contribution < -0.4 is 0 Å². The molecule has 5 nitrogen and oxygen atoms in total. The number of carbonyl (C=O) groups is 1. The van der Waals surface area contributed by atoms with Gasteiger partial charge in [0.25, 0.3) is 0 Å². The molecule has 5 atom stereocenters. The number of ether oxygens (including phenoxy) is 2. The molecule has 1 N–H and O–H groups in total. The molecule has 0 amide bonds. The number of benzene rings is 1. The van der Waals surface area contributed by atoms with Gasteiger partial charge in [0.15, 0.2) is 0 Å². The van der Waals surface area contributed by atoms with E-state index in [1.54, 1.807) is 25.1 Å². The minimum Gasteiger partial charge on any atom is -0.463 e. The van der Waals surface area contributed by atoms with Crippen molar-refractivity contribution in [3.05, 3.63) is 64.2 Å². The highest BCUT2D eigenvalue weighted by Crippen LogP contribution is 2.28. The lowest BCUT2D eigenvalue weighted by atomic mass is 9.98. The molecule has 1 aromatic carbocycles. The number of hydrogen-bond donors (Lipinski definition) is 1. The molecule has 36 heavy (non-hydrogen) atoms. The number of likely N-dealkylation sites (tertiary alicyclic amines) is 1. The molecule has 2 aliphatic rings. The number of alkyl halides is 2. The number of rotatable bonds is 12. The number of hydrogen-bond acceptors (Lipinski definition) is 5. The second kappa shape index (κ2) is 14.6. The average Bonchev–Trinajstić information content (AvgIpc) is 3.29. The van der Waals surface area contributed by atoms with Crippen molar-refractivity contribution >= 4 is 46.8 Å². The van der Waals surface area contributed by atoms with Gasteiger partial charge in [0.05, 0.1) is 36.2 Å². The maximum Gasteiger partial charge on any atom is 0.330 e. The Kier molecular flexibility index (Phi) is 11.8. The zero-order valence-corrected chi connectivity index (χ0v) is 23.2. The van der Waals surface area contributed by atoms with Crippen LogP contribution in [-0.4, -0.2) is 65.2 Å². The van der Waals surface area contributed by atoms with Gasteiger partial charge in [-0.15, -0.1) is 23.2 Å². The van der Waals surface area contributed by atoms with Crippen LogP contribution in [0.25, 0.3) is 6.08 Å². The molecule has 0 aromatic heterocycles. The maximum absolute atomic E-state index is 11.7. The summed E-state index contributed by atoms with van der Waals surface area (Å²) in [6.45, 7) is 5.78. The van der Waals surface area contributed by atoms with Crippen LogP contribution in [0, 0.1) is 0 Å². The van der Waals surface area contributed by atoms with E-state index in [-0.39, 0.29) is 23.5 Å². The standard InChI is InChI=1S/C28H36Cl3NO4/c1-3-35-28(34)13-8-21-16-22(29)9-11-25(21)19(2)36-18-24(33)17-32-14-4-5-23(32)10-6-20-7-12-26(30)27(31)15-20/h7-9,11-13,15-16,19,23-24,26-27,33H,3-6,10,14,17-18H2,1-2H3/b13-8+/t19?,23-,24+,26?,27?/m0/s1. The number of esters is 1. The van der Waals surface area contributed by atoms with Crippen molar-refractivity contribution in [1.82, 2.24) is 4.90 Å². The Hall–Kier alpha value is -1.34. The second-order valence-corrected chi connectivity index (χ2v) is 10.8. The van der Waals surface area contributed by atoms with E-state index in [4.69, 9.17) is 44.3 Å². The van der Waals surface area contributed by atoms with E-state index in [2.05, 4.69) is 17.1 Å². The molecule has 1 fully saturated rings. The lowest BCUT2D eigenvalue weighted by Crippen LogP contribution is -2.38. The molecular weight excluding hydrogens is 521 g/mol. The summed E-state index contributed by atoms with van der Waals surface area (Å²) in [7, 11) is 0. The molecule has 1 heterocycles. The van der Waals surface area contributed by atoms with Crippen LogP contribution in [0.15, 0.2) is 48.1 Å². The number of nitrogens with zero attached hydrogens (tertiary/aromatic N) is 1. The fourth-order valence-electron chi connectivity index (χ4n) is 4.71. The second-order valence-electron chi connectivity index (χ2n) is 9.31. The lowest BCUT2D eigenvalue weighted by molar-refractivity contribution is -0.137. The third-order valence-electron chi connectivity index (χ3n) is 6.59. The molecule has 1 saturated heterocycles. The highest BCUT2D eigenvalue weighted by atomic mass is 35.5. The van der Waals surface area contributed by atoms with E-state index in [9.17, 15) is 9.90 Å². The normalized spacial score (nSPS) is 24.2. The van der Waals surface area contributed by atoms with Crippen molar-refractivity contribution in [2.75, 3.05) is 26.3 Å².